The number of Topliss-reactive ketones (excluding diaryl/α,β-unsaturated/α-hetero) is 1. The van der Waals surface area contributed by atoms with Crippen LogP contribution < -0.4 is 5.32 Å². The second-order valence-corrected chi connectivity index (χ2v) is 4.18. The van der Waals surface area contributed by atoms with Crippen LogP contribution in [0.4, 0.5) is 0 Å². The molecule has 0 aromatic carbocycles. The Morgan fingerprint density at radius 3 is 2.88 bits per heavy atom. The second-order valence-electron chi connectivity index (χ2n) is 4.18. The van der Waals surface area contributed by atoms with E-state index in [4.69, 9.17) is 0 Å². The number of fused-ring (bicyclic) bond motifs is 1. The highest BCUT2D eigenvalue weighted by Gasteiger charge is 2.32. The number of aliphatic hydroxyl groups is 2. The Hall–Kier alpha value is -2.07. The van der Waals surface area contributed by atoms with Gasteiger partial charge in [-0.3, -0.25) is 4.79 Å². The van der Waals surface area contributed by atoms with Crippen molar-refractivity contribution in [2.75, 3.05) is 0 Å². The van der Waals surface area contributed by atoms with E-state index in [0.717, 1.165) is 5.57 Å². The molecule has 1 heterocycles. The Morgan fingerprint density at radius 2 is 2.06 bits per heavy atom. The van der Waals surface area contributed by atoms with E-state index in [1.807, 2.05) is 24.3 Å². The molecule has 0 aromatic rings. The molecule has 86 valence electrons. The fraction of sp³-hybridized carbons (Fsp3) is 0.154. The number of rotatable bonds is 0. The SMILES string of the molecule is O=C1C(O)=CC2=C(C=C3C=CC=CC3N2)C1O. The first-order valence-electron chi connectivity index (χ1n) is 5.37. The number of carbonyl (C=O) groups excluding carboxylic acids is 1. The minimum absolute atomic E-state index is 0.0307. The van der Waals surface area contributed by atoms with Crippen molar-refractivity contribution in [1.82, 2.24) is 5.32 Å². The molecular weight excluding hydrogens is 218 g/mol. The average Bonchev–Trinajstić information content (AvgIpc) is 2.34. The van der Waals surface area contributed by atoms with Crippen LogP contribution in [0.25, 0.3) is 0 Å². The van der Waals surface area contributed by atoms with Gasteiger partial charge in [-0.2, -0.15) is 0 Å². The van der Waals surface area contributed by atoms with E-state index in [2.05, 4.69) is 5.32 Å². The number of hydrogen-bond acceptors (Lipinski definition) is 4. The number of allylic oxidation sites excluding steroid dienone is 3. The Balaban J connectivity index is 2.08. The number of nitrogens with one attached hydrogen (secondary N) is 1. The van der Waals surface area contributed by atoms with Gasteiger partial charge in [0.25, 0.3) is 0 Å². The smallest absolute Gasteiger partial charge is 0.230 e. The van der Waals surface area contributed by atoms with Crippen LogP contribution in [-0.2, 0) is 4.79 Å². The third-order valence-corrected chi connectivity index (χ3v) is 3.08. The van der Waals surface area contributed by atoms with Crippen molar-refractivity contribution in [1.29, 1.82) is 0 Å². The Kier molecular flexibility index (Phi) is 2.06. The molecule has 0 amide bonds. The number of hydrogen-bond donors (Lipinski definition) is 3. The van der Waals surface area contributed by atoms with Crippen LogP contribution in [-0.4, -0.2) is 28.1 Å². The molecular formula is C13H11NO3. The minimum atomic E-state index is -1.28. The maximum absolute atomic E-state index is 11.4. The standard InChI is InChI=1S/C13H11NO3/c15-11-6-10-8(12(16)13(11)17)5-7-3-1-2-4-9(7)14-10/h1-6,9,12,14-16H. The lowest BCUT2D eigenvalue weighted by Gasteiger charge is -2.30. The first-order chi connectivity index (χ1) is 8.16. The highest BCUT2D eigenvalue weighted by Crippen LogP contribution is 2.28. The van der Waals surface area contributed by atoms with Gasteiger partial charge < -0.3 is 15.5 Å². The summed E-state index contributed by atoms with van der Waals surface area (Å²) in [6.45, 7) is 0. The van der Waals surface area contributed by atoms with Crippen LogP contribution in [0, 0.1) is 0 Å². The van der Waals surface area contributed by atoms with Crippen molar-refractivity contribution in [2.45, 2.75) is 12.1 Å². The van der Waals surface area contributed by atoms with Gasteiger partial charge in [0, 0.05) is 17.3 Å². The highest BCUT2D eigenvalue weighted by atomic mass is 16.3. The maximum Gasteiger partial charge on any atom is 0.230 e. The monoisotopic (exact) mass is 229 g/mol. The van der Waals surface area contributed by atoms with Gasteiger partial charge in [-0.1, -0.05) is 24.3 Å². The zero-order valence-electron chi connectivity index (χ0n) is 8.92. The van der Waals surface area contributed by atoms with E-state index in [0.29, 0.717) is 11.3 Å². The molecule has 2 unspecified atom stereocenters. The predicted octanol–water partition coefficient (Wildman–Crippen LogP) is 0.650. The molecule has 0 bridgehead atoms. The van der Waals surface area contributed by atoms with Crippen LogP contribution in [0.1, 0.15) is 0 Å². The summed E-state index contributed by atoms with van der Waals surface area (Å²) < 4.78 is 0. The molecule has 0 saturated heterocycles. The van der Waals surface area contributed by atoms with E-state index in [-0.39, 0.29) is 6.04 Å². The molecule has 0 saturated carbocycles. The normalized spacial score (nSPS) is 30.3. The molecule has 3 aliphatic rings. The lowest BCUT2D eigenvalue weighted by Crippen LogP contribution is -2.39. The number of ketones is 1. The van der Waals surface area contributed by atoms with Gasteiger partial charge in [-0.25, -0.2) is 0 Å². The predicted molar refractivity (Wildman–Crippen MR) is 62.0 cm³/mol. The largest absolute Gasteiger partial charge is 0.504 e. The number of carbonyl (C=O) groups is 1. The number of dihydropyridines is 1. The molecule has 0 fully saturated rings. The van der Waals surface area contributed by atoms with E-state index < -0.39 is 17.6 Å². The Morgan fingerprint density at radius 1 is 1.24 bits per heavy atom. The lowest BCUT2D eigenvalue weighted by atomic mass is 9.88. The topological polar surface area (TPSA) is 69.6 Å². The summed E-state index contributed by atoms with van der Waals surface area (Å²) in [7, 11) is 0. The fourth-order valence-electron chi connectivity index (χ4n) is 2.17. The van der Waals surface area contributed by atoms with Crippen molar-refractivity contribution in [3.8, 4) is 0 Å². The quantitative estimate of drug-likeness (QED) is 0.570. The van der Waals surface area contributed by atoms with Crippen molar-refractivity contribution in [3.05, 3.63) is 59.1 Å². The first kappa shape index (κ1) is 10.1. The zero-order valence-corrected chi connectivity index (χ0v) is 8.92. The third-order valence-electron chi connectivity index (χ3n) is 3.08. The highest BCUT2D eigenvalue weighted by molar-refractivity contribution is 6.01. The summed E-state index contributed by atoms with van der Waals surface area (Å²) in [4.78, 5) is 11.4. The van der Waals surface area contributed by atoms with Gasteiger partial charge in [0.2, 0.25) is 5.78 Å². The summed E-state index contributed by atoms with van der Waals surface area (Å²) in [5.74, 6) is -1.06. The summed E-state index contributed by atoms with van der Waals surface area (Å²) in [6, 6.07) is 0.0307. The molecule has 4 nitrogen and oxygen atoms in total. The summed E-state index contributed by atoms with van der Waals surface area (Å²) in [6.07, 6.45) is 9.61. The van der Waals surface area contributed by atoms with E-state index >= 15 is 0 Å². The third kappa shape index (κ3) is 1.45. The molecule has 2 atom stereocenters. The molecule has 0 spiro atoms. The van der Waals surface area contributed by atoms with Gasteiger partial charge in [0.1, 0.15) is 6.10 Å². The fourth-order valence-corrected chi connectivity index (χ4v) is 2.17. The molecule has 0 aromatic heterocycles. The van der Waals surface area contributed by atoms with Gasteiger partial charge in [0.05, 0.1) is 6.04 Å². The van der Waals surface area contributed by atoms with Crippen molar-refractivity contribution < 1.29 is 15.0 Å². The van der Waals surface area contributed by atoms with E-state index in [1.165, 1.54) is 6.08 Å². The molecule has 3 rings (SSSR count). The van der Waals surface area contributed by atoms with Crippen LogP contribution >= 0.6 is 0 Å². The van der Waals surface area contributed by atoms with Gasteiger partial charge >= 0.3 is 0 Å². The molecule has 0 radical (unpaired) electrons. The summed E-state index contributed by atoms with van der Waals surface area (Å²) in [5.41, 5.74) is 2.11. The van der Waals surface area contributed by atoms with Crippen LogP contribution in [0.15, 0.2) is 59.1 Å². The van der Waals surface area contributed by atoms with Crippen molar-refractivity contribution >= 4 is 5.78 Å². The molecule has 1 aliphatic heterocycles. The summed E-state index contributed by atoms with van der Waals surface area (Å²) in [5, 5.41) is 22.4. The van der Waals surface area contributed by atoms with E-state index in [1.54, 1.807) is 6.08 Å². The van der Waals surface area contributed by atoms with E-state index in [9.17, 15) is 15.0 Å². The van der Waals surface area contributed by atoms with Crippen molar-refractivity contribution in [2.24, 2.45) is 0 Å². The van der Waals surface area contributed by atoms with Crippen LogP contribution in [0.2, 0.25) is 0 Å². The molecule has 4 heteroatoms. The van der Waals surface area contributed by atoms with Crippen LogP contribution in [0.5, 0.6) is 0 Å². The maximum atomic E-state index is 11.4. The van der Waals surface area contributed by atoms with Gasteiger partial charge in [-0.05, 0) is 11.6 Å². The minimum Gasteiger partial charge on any atom is -0.504 e. The lowest BCUT2D eigenvalue weighted by molar-refractivity contribution is -0.124. The van der Waals surface area contributed by atoms with Gasteiger partial charge in [-0.15, -0.1) is 0 Å². The summed E-state index contributed by atoms with van der Waals surface area (Å²) >= 11 is 0. The molecule has 3 N–H and O–H groups in total. The van der Waals surface area contributed by atoms with Crippen molar-refractivity contribution in [3.63, 3.8) is 0 Å². The second kappa shape index (κ2) is 3.46. The average molecular weight is 229 g/mol. The molecule has 17 heavy (non-hydrogen) atoms. The Bertz CT molecular complexity index is 549. The number of aliphatic hydroxyl groups excluding tert-OH is 2. The van der Waals surface area contributed by atoms with Gasteiger partial charge in [0.15, 0.2) is 5.76 Å². The van der Waals surface area contributed by atoms with Crippen LogP contribution in [0.3, 0.4) is 0 Å². The first-order valence-corrected chi connectivity index (χ1v) is 5.37. The molecule has 2 aliphatic carbocycles. The zero-order chi connectivity index (χ0) is 12.0. The Labute approximate surface area is 98.0 Å².